The molecule has 0 saturated carbocycles. The lowest BCUT2D eigenvalue weighted by Crippen LogP contribution is -2.52. The normalized spacial score (nSPS) is 23.4. The van der Waals surface area contributed by atoms with Crippen molar-refractivity contribution in [2.45, 2.75) is 58.6 Å². The van der Waals surface area contributed by atoms with Gasteiger partial charge in [-0.1, -0.05) is 27.2 Å². The molecule has 1 aliphatic heterocycles. The standard InChI is InChI=1S/C14H28N2O2/c1-5-7-14(4,15)13(17)16-8-6-12(9-16)18-10-11(2)3/h11-12H,5-10,15H2,1-4H3. The van der Waals surface area contributed by atoms with Crippen LogP contribution in [0.25, 0.3) is 0 Å². The largest absolute Gasteiger partial charge is 0.376 e. The molecule has 4 nitrogen and oxygen atoms in total. The van der Waals surface area contributed by atoms with Crippen molar-refractivity contribution in [3.05, 3.63) is 0 Å². The molecule has 4 heteroatoms. The predicted octanol–water partition coefficient (Wildman–Crippen LogP) is 1.78. The Hall–Kier alpha value is -0.610. The monoisotopic (exact) mass is 256 g/mol. The van der Waals surface area contributed by atoms with Crippen LogP contribution in [-0.4, -0.2) is 42.1 Å². The van der Waals surface area contributed by atoms with Crippen LogP contribution in [0.3, 0.4) is 0 Å². The lowest BCUT2D eigenvalue weighted by Gasteiger charge is -2.28. The van der Waals surface area contributed by atoms with Gasteiger partial charge in [-0.25, -0.2) is 0 Å². The van der Waals surface area contributed by atoms with Crippen molar-refractivity contribution in [1.29, 1.82) is 0 Å². The minimum Gasteiger partial charge on any atom is -0.376 e. The molecule has 1 amide bonds. The summed E-state index contributed by atoms with van der Waals surface area (Å²) in [6.45, 7) is 10.4. The van der Waals surface area contributed by atoms with Gasteiger partial charge in [-0.3, -0.25) is 4.79 Å². The Morgan fingerprint density at radius 2 is 2.22 bits per heavy atom. The fraction of sp³-hybridized carbons (Fsp3) is 0.929. The highest BCUT2D eigenvalue weighted by atomic mass is 16.5. The van der Waals surface area contributed by atoms with E-state index in [4.69, 9.17) is 10.5 Å². The zero-order valence-corrected chi connectivity index (χ0v) is 12.2. The van der Waals surface area contributed by atoms with Gasteiger partial charge >= 0.3 is 0 Å². The quantitative estimate of drug-likeness (QED) is 0.788. The van der Waals surface area contributed by atoms with E-state index in [1.165, 1.54) is 0 Å². The Balaban J connectivity index is 2.43. The zero-order valence-electron chi connectivity index (χ0n) is 12.2. The van der Waals surface area contributed by atoms with Gasteiger partial charge in [-0.15, -0.1) is 0 Å². The first-order valence-electron chi connectivity index (χ1n) is 7.06. The van der Waals surface area contributed by atoms with E-state index < -0.39 is 5.54 Å². The van der Waals surface area contributed by atoms with Crippen LogP contribution in [0.15, 0.2) is 0 Å². The first kappa shape index (κ1) is 15.4. The minimum atomic E-state index is -0.721. The first-order chi connectivity index (χ1) is 8.36. The molecular formula is C14H28N2O2. The highest BCUT2D eigenvalue weighted by Gasteiger charge is 2.35. The third kappa shape index (κ3) is 4.25. The number of carbonyl (C=O) groups is 1. The number of nitrogens with two attached hydrogens (primary N) is 1. The minimum absolute atomic E-state index is 0.0694. The third-order valence-corrected chi connectivity index (χ3v) is 3.36. The Labute approximate surface area is 111 Å². The van der Waals surface area contributed by atoms with E-state index in [9.17, 15) is 4.79 Å². The van der Waals surface area contributed by atoms with Gasteiger partial charge in [0.05, 0.1) is 11.6 Å². The molecule has 1 aliphatic rings. The number of likely N-dealkylation sites (tertiary alicyclic amines) is 1. The third-order valence-electron chi connectivity index (χ3n) is 3.36. The van der Waals surface area contributed by atoms with Gasteiger partial charge in [0.15, 0.2) is 0 Å². The molecule has 0 radical (unpaired) electrons. The topological polar surface area (TPSA) is 55.6 Å². The fourth-order valence-corrected chi connectivity index (χ4v) is 2.36. The predicted molar refractivity (Wildman–Crippen MR) is 73.3 cm³/mol. The van der Waals surface area contributed by atoms with E-state index in [1.54, 1.807) is 0 Å². The molecule has 1 saturated heterocycles. The van der Waals surface area contributed by atoms with E-state index in [2.05, 4.69) is 20.8 Å². The SMILES string of the molecule is CCCC(C)(N)C(=O)N1CCC(OCC(C)C)C1. The second-order valence-corrected chi connectivity index (χ2v) is 6.06. The molecule has 2 unspecified atom stereocenters. The van der Waals surface area contributed by atoms with E-state index in [-0.39, 0.29) is 12.0 Å². The van der Waals surface area contributed by atoms with E-state index in [1.807, 2.05) is 11.8 Å². The summed E-state index contributed by atoms with van der Waals surface area (Å²) in [7, 11) is 0. The van der Waals surface area contributed by atoms with Gasteiger partial charge in [0.1, 0.15) is 0 Å². The van der Waals surface area contributed by atoms with Gasteiger partial charge in [0.2, 0.25) is 5.91 Å². The van der Waals surface area contributed by atoms with Crippen LogP contribution < -0.4 is 5.73 Å². The van der Waals surface area contributed by atoms with Gasteiger partial charge in [-0.05, 0) is 25.7 Å². The molecular weight excluding hydrogens is 228 g/mol. The Kier molecular flexibility index (Phi) is 5.60. The Morgan fingerprint density at radius 3 is 2.78 bits per heavy atom. The van der Waals surface area contributed by atoms with Crippen LogP contribution in [0.4, 0.5) is 0 Å². The average Bonchev–Trinajstić information content (AvgIpc) is 2.73. The van der Waals surface area contributed by atoms with Crippen LogP contribution in [-0.2, 0) is 9.53 Å². The maximum Gasteiger partial charge on any atom is 0.242 e. The molecule has 2 N–H and O–H groups in total. The molecule has 106 valence electrons. The Bertz CT molecular complexity index is 277. The fourth-order valence-electron chi connectivity index (χ4n) is 2.36. The summed E-state index contributed by atoms with van der Waals surface area (Å²) in [5.74, 6) is 0.606. The molecule has 0 aromatic heterocycles. The first-order valence-corrected chi connectivity index (χ1v) is 7.06. The average molecular weight is 256 g/mol. The van der Waals surface area contributed by atoms with Crippen LogP contribution >= 0.6 is 0 Å². The molecule has 18 heavy (non-hydrogen) atoms. The second-order valence-electron chi connectivity index (χ2n) is 6.06. The number of rotatable bonds is 6. The molecule has 1 rings (SSSR count). The summed E-state index contributed by atoms with van der Waals surface area (Å²) in [4.78, 5) is 14.1. The smallest absolute Gasteiger partial charge is 0.242 e. The Morgan fingerprint density at radius 1 is 1.56 bits per heavy atom. The summed E-state index contributed by atoms with van der Waals surface area (Å²) in [5.41, 5.74) is 5.37. The summed E-state index contributed by atoms with van der Waals surface area (Å²) >= 11 is 0. The van der Waals surface area contributed by atoms with Crippen molar-refractivity contribution in [2.75, 3.05) is 19.7 Å². The summed E-state index contributed by atoms with van der Waals surface area (Å²) in [6, 6.07) is 0. The number of hydrogen-bond donors (Lipinski definition) is 1. The maximum atomic E-state index is 12.3. The highest BCUT2D eigenvalue weighted by Crippen LogP contribution is 2.19. The van der Waals surface area contributed by atoms with Crippen LogP contribution in [0.5, 0.6) is 0 Å². The van der Waals surface area contributed by atoms with Crippen molar-refractivity contribution in [2.24, 2.45) is 11.7 Å². The molecule has 0 aromatic carbocycles. The second kappa shape index (κ2) is 6.53. The van der Waals surface area contributed by atoms with Gasteiger partial charge in [0.25, 0.3) is 0 Å². The van der Waals surface area contributed by atoms with Gasteiger partial charge in [0, 0.05) is 19.7 Å². The molecule has 0 aliphatic carbocycles. The highest BCUT2D eigenvalue weighted by molar-refractivity contribution is 5.85. The molecule has 0 bridgehead atoms. The van der Waals surface area contributed by atoms with Crippen molar-refractivity contribution in [3.63, 3.8) is 0 Å². The summed E-state index contributed by atoms with van der Waals surface area (Å²) in [6.07, 6.45) is 2.79. The molecule has 1 heterocycles. The molecule has 2 atom stereocenters. The number of ether oxygens (including phenoxy) is 1. The van der Waals surface area contributed by atoms with Gasteiger partial charge < -0.3 is 15.4 Å². The van der Waals surface area contributed by atoms with E-state index >= 15 is 0 Å². The van der Waals surface area contributed by atoms with Crippen molar-refractivity contribution < 1.29 is 9.53 Å². The molecule has 0 spiro atoms. The molecule has 0 aromatic rings. The number of hydrogen-bond acceptors (Lipinski definition) is 3. The number of carbonyl (C=O) groups excluding carboxylic acids is 1. The number of nitrogens with zero attached hydrogens (tertiary/aromatic N) is 1. The zero-order chi connectivity index (χ0) is 13.8. The summed E-state index contributed by atoms with van der Waals surface area (Å²) < 4.78 is 5.78. The van der Waals surface area contributed by atoms with Crippen molar-refractivity contribution in [3.8, 4) is 0 Å². The van der Waals surface area contributed by atoms with Crippen LogP contribution in [0.2, 0.25) is 0 Å². The molecule has 1 fully saturated rings. The van der Waals surface area contributed by atoms with E-state index in [0.717, 1.165) is 32.4 Å². The van der Waals surface area contributed by atoms with Crippen molar-refractivity contribution >= 4 is 5.91 Å². The summed E-state index contributed by atoms with van der Waals surface area (Å²) in [5, 5.41) is 0. The van der Waals surface area contributed by atoms with Crippen LogP contribution in [0, 0.1) is 5.92 Å². The lowest BCUT2D eigenvalue weighted by atomic mass is 9.96. The van der Waals surface area contributed by atoms with Crippen LogP contribution in [0.1, 0.15) is 47.0 Å². The lowest BCUT2D eigenvalue weighted by molar-refractivity contribution is -0.136. The van der Waals surface area contributed by atoms with Gasteiger partial charge in [-0.2, -0.15) is 0 Å². The number of amides is 1. The van der Waals surface area contributed by atoms with Crippen molar-refractivity contribution in [1.82, 2.24) is 4.90 Å². The maximum absolute atomic E-state index is 12.3. The van der Waals surface area contributed by atoms with E-state index in [0.29, 0.717) is 12.5 Å².